The third kappa shape index (κ3) is 1.56. The highest BCUT2D eigenvalue weighted by atomic mass is 16.5. The minimum absolute atomic E-state index is 0.178. The van der Waals surface area contributed by atoms with Crippen LogP contribution in [-0.2, 0) is 14.3 Å². The zero-order valence-corrected chi connectivity index (χ0v) is 9.89. The molecule has 17 heavy (non-hydrogen) atoms. The largest absolute Gasteiger partial charge is 0.469 e. The van der Waals surface area contributed by atoms with Gasteiger partial charge in [0, 0.05) is 12.3 Å². The Morgan fingerprint density at radius 3 is 2.88 bits per heavy atom. The van der Waals surface area contributed by atoms with Gasteiger partial charge in [-0.3, -0.25) is 9.59 Å². The summed E-state index contributed by atoms with van der Waals surface area (Å²) in [6, 6.07) is 0. The summed E-state index contributed by atoms with van der Waals surface area (Å²) in [5, 5.41) is 0. The predicted octanol–water partition coefficient (Wildman–Crippen LogP) is 1.89. The average molecular weight is 232 g/mol. The summed E-state index contributed by atoms with van der Waals surface area (Å²) in [5.41, 5.74) is 0.851. The molecule has 3 nitrogen and oxygen atoms in total. The number of carbonyl (C=O) groups is 2. The Bertz CT molecular complexity index is 433. The molecule has 0 radical (unpaired) electrons. The van der Waals surface area contributed by atoms with E-state index >= 15 is 0 Å². The molecule has 1 fully saturated rings. The molecule has 0 aliphatic heterocycles. The van der Waals surface area contributed by atoms with E-state index in [1.54, 1.807) is 0 Å². The van der Waals surface area contributed by atoms with Crippen molar-refractivity contribution in [1.82, 2.24) is 0 Å². The third-order valence-corrected chi connectivity index (χ3v) is 4.36. The highest BCUT2D eigenvalue weighted by molar-refractivity contribution is 6.01. The molecule has 0 heterocycles. The predicted molar refractivity (Wildman–Crippen MR) is 62.1 cm³/mol. The number of hydrogen-bond acceptors (Lipinski definition) is 3. The highest BCUT2D eigenvalue weighted by Crippen LogP contribution is 2.53. The summed E-state index contributed by atoms with van der Waals surface area (Å²) >= 11 is 0. The summed E-state index contributed by atoms with van der Waals surface area (Å²) in [6.45, 7) is 0. The van der Waals surface area contributed by atoms with Crippen LogP contribution in [0.3, 0.4) is 0 Å². The maximum absolute atomic E-state index is 12.2. The molecule has 3 rings (SSSR count). The summed E-state index contributed by atoms with van der Waals surface area (Å²) in [5.74, 6) is 1.63. The molecule has 0 N–H and O–H groups in total. The summed E-state index contributed by atoms with van der Waals surface area (Å²) in [4.78, 5) is 23.3. The lowest BCUT2D eigenvalue weighted by atomic mass is 9.85. The molecule has 0 aromatic rings. The van der Waals surface area contributed by atoms with Gasteiger partial charge in [-0.1, -0.05) is 18.2 Å². The Balaban J connectivity index is 1.70. The van der Waals surface area contributed by atoms with Crippen LogP contribution in [0.15, 0.2) is 23.8 Å². The van der Waals surface area contributed by atoms with Crippen molar-refractivity contribution < 1.29 is 14.3 Å². The second-order valence-corrected chi connectivity index (χ2v) is 5.18. The summed E-state index contributed by atoms with van der Waals surface area (Å²) < 4.78 is 4.60. The van der Waals surface area contributed by atoms with Gasteiger partial charge in [0.25, 0.3) is 0 Å². The third-order valence-electron chi connectivity index (χ3n) is 4.36. The van der Waals surface area contributed by atoms with Crippen LogP contribution in [-0.4, -0.2) is 18.9 Å². The normalized spacial score (nSPS) is 37.2. The molecule has 3 aliphatic carbocycles. The smallest absolute Gasteiger partial charge is 0.305 e. The zero-order chi connectivity index (χ0) is 12.0. The first kappa shape index (κ1) is 10.8. The second kappa shape index (κ2) is 3.83. The van der Waals surface area contributed by atoms with Crippen molar-refractivity contribution in [2.75, 3.05) is 7.11 Å². The van der Waals surface area contributed by atoms with Gasteiger partial charge in [0.2, 0.25) is 0 Å². The number of fused-ring (bicyclic) bond motifs is 5. The number of ether oxygens (including phenoxy) is 1. The fourth-order valence-electron chi connectivity index (χ4n) is 3.53. The van der Waals surface area contributed by atoms with E-state index in [2.05, 4.69) is 23.0 Å². The lowest BCUT2D eigenvalue weighted by Gasteiger charge is -2.17. The maximum Gasteiger partial charge on any atom is 0.305 e. The van der Waals surface area contributed by atoms with Crippen molar-refractivity contribution in [3.8, 4) is 0 Å². The molecule has 0 aromatic carbocycles. The quantitative estimate of drug-likeness (QED) is 0.551. The first-order chi connectivity index (χ1) is 8.20. The molecule has 3 heteroatoms. The monoisotopic (exact) mass is 232 g/mol. The van der Waals surface area contributed by atoms with Gasteiger partial charge in [-0.05, 0) is 36.2 Å². The molecular weight excluding hydrogens is 216 g/mol. The van der Waals surface area contributed by atoms with Crippen LogP contribution in [0.5, 0.6) is 0 Å². The molecule has 3 aliphatic rings. The van der Waals surface area contributed by atoms with Gasteiger partial charge in [-0.15, -0.1) is 0 Å². The Kier molecular flexibility index (Phi) is 2.42. The van der Waals surface area contributed by atoms with Crippen LogP contribution in [0.4, 0.5) is 0 Å². The number of esters is 1. The van der Waals surface area contributed by atoms with E-state index in [9.17, 15) is 9.59 Å². The Morgan fingerprint density at radius 1 is 1.41 bits per heavy atom. The van der Waals surface area contributed by atoms with Crippen LogP contribution in [0.2, 0.25) is 0 Å². The van der Waals surface area contributed by atoms with Crippen molar-refractivity contribution >= 4 is 11.8 Å². The van der Waals surface area contributed by atoms with E-state index in [1.807, 2.05) is 0 Å². The minimum Gasteiger partial charge on any atom is -0.469 e. The molecule has 0 aromatic heterocycles. The van der Waals surface area contributed by atoms with E-state index < -0.39 is 0 Å². The SMILES string of the molecule is COC(=O)CCC1=CC2C3C=CC(C3)[C@@H]2C1=O. The average Bonchev–Trinajstić information content (AvgIpc) is 2.99. The topological polar surface area (TPSA) is 43.4 Å². The zero-order valence-electron chi connectivity index (χ0n) is 9.89. The first-order valence-electron chi connectivity index (χ1n) is 6.20. The van der Waals surface area contributed by atoms with Crippen molar-refractivity contribution in [3.63, 3.8) is 0 Å². The lowest BCUT2D eigenvalue weighted by molar-refractivity contribution is -0.140. The Labute approximate surface area is 101 Å². The van der Waals surface area contributed by atoms with Crippen LogP contribution in [0.25, 0.3) is 0 Å². The van der Waals surface area contributed by atoms with E-state index in [0.717, 1.165) is 12.0 Å². The number of hydrogen-bond donors (Lipinski definition) is 0. The number of carbonyl (C=O) groups excluding carboxylic acids is 2. The minimum atomic E-state index is -0.239. The summed E-state index contributed by atoms with van der Waals surface area (Å²) in [6.07, 6.45) is 8.56. The molecule has 0 spiro atoms. The Morgan fingerprint density at radius 2 is 2.18 bits per heavy atom. The maximum atomic E-state index is 12.2. The van der Waals surface area contributed by atoms with Gasteiger partial charge < -0.3 is 4.74 Å². The standard InChI is InChI=1S/C14H16O3/c1-17-12(15)5-4-10-7-11-8-2-3-9(6-8)13(11)14(10)16/h2-3,7-9,11,13H,4-6H2,1H3/t8?,9?,11?,13-/m0/s1. The number of rotatable bonds is 3. The fraction of sp³-hybridized carbons (Fsp3) is 0.571. The van der Waals surface area contributed by atoms with Gasteiger partial charge in [0.05, 0.1) is 7.11 Å². The Hall–Kier alpha value is -1.38. The number of allylic oxidation sites excluding steroid dienone is 4. The van der Waals surface area contributed by atoms with Gasteiger partial charge in [0.1, 0.15) is 0 Å². The lowest BCUT2D eigenvalue weighted by Crippen LogP contribution is -2.21. The summed E-state index contributed by atoms with van der Waals surface area (Å²) in [7, 11) is 1.38. The van der Waals surface area contributed by atoms with Crippen molar-refractivity contribution in [2.45, 2.75) is 19.3 Å². The van der Waals surface area contributed by atoms with Crippen LogP contribution in [0.1, 0.15) is 19.3 Å². The van der Waals surface area contributed by atoms with E-state index in [4.69, 9.17) is 0 Å². The van der Waals surface area contributed by atoms with Gasteiger partial charge in [-0.25, -0.2) is 0 Å². The molecule has 3 unspecified atom stereocenters. The number of ketones is 1. The number of methoxy groups -OCH3 is 1. The van der Waals surface area contributed by atoms with Crippen molar-refractivity contribution in [1.29, 1.82) is 0 Å². The van der Waals surface area contributed by atoms with Crippen molar-refractivity contribution in [2.24, 2.45) is 23.7 Å². The van der Waals surface area contributed by atoms with E-state index in [1.165, 1.54) is 7.11 Å². The van der Waals surface area contributed by atoms with Crippen LogP contribution >= 0.6 is 0 Å². The number of Topliss-reactive ketones (excluding diaryl/α,β-unsaturated/α-hetero) is 1. The molecule has 0 amide bonds. The molecule has 4 atom stereocenters. The van der Waals surface area contributed by atoms with Crippen molar-refractivity contribution in [3.05, 3.63) is 23.8 Å². The van der Waals surface area contributed by atoms with Gasteiger partial charge in [0.15, 0.2) is 5.78 Å². The molecule has 90 valence electrons. The van der Waals surface area contributed by atoms with Crippen LogP contribution < -0.4 is 0 Å². The molecule has 2 bridgehead atoms. The molecule has 0 saturated heterocycles. The second-order valence-electron chi connectivity index (χ2n) is 5.18. The molecular formula is C14H16O3. The highest BCUT2D eigenvalue weighted by Gasteiger charge is 2.50. The fourth-order valence-corrected chi connectivity index (χ4v) is 3.53. The van der Waals surface area contributed by atoms with Gasteiger partial charge in [-0.2, -0.15) is 0 Å². The van der Waals surface area contributed by atoms with Gasteiger partial charge >= 0.3 is 5.97 Å². The van der Waals surface area contributed by atoms with E-state index in [0.29, 0.717) is 30.6 Å². The van der Waals surface area contributed by atoms with Crippen LogP contribution in [0, 0.1) is 23.7 Å². The first-order valence-corrected chi connectivity index (χ1v) is 6.20. The van der Waals surface area contributed by atoms with E-state index in [-0.39, 0.29) is 17.7 Å². The molecule has 1 saturated carbocycles.